The number of nitrogens with one attached hydrogen (secondary N) is 1. The van der Waals surface area contributed by atoms with Gasteiger partial charge in [-0.05, 0) is 54.2 Å². The second-order valence-corrected chi connectivity index (χ2v) is 7.16. The van der Waals surface area contributed by atoms with E-state index in [1.807, 2.05) is 50.2 Å². The van der Waals surface area contributed by atoms with E-state index in [0.717, 1.165) is 11.1 Å². The van der Waals surface area contributed by atoms with Crippen LogP contribution in [0.3, 0.4) is 0 Å². The predicted octanol–water partition coefficient (Wildman–Crippen LogP) is 4.20. The van der Waals surface area contributed by atoms with Gasteiger partial charge in [0.25, 0.3) is 5.91 Å². The molecule has 0 radical (unpaired) electrons. The second kappa shape index (κ2) is 6.95. The Balaban J connectivity index is 1.97. The summed E-state index contributed by atoms with van der Waals surface area (Å²) in [6, 6.07) is 11.6. The molecule has 0 spiro atoms. The summed E-state index contributed by atoms with van der Waals surface area (Å²) in [6.45, 7) is 10.3. The highest BCUT2D eigenvalue weighted by atomic mass is 16.5. The molecule has 0 aromatic heterocycles. The molecule has 1 amide bonds. The van der Waals surface area contributed by atoms with E-state index in [1.54, 1.807) is 0 Å². The average Bonchev–Trinajstić information content (AvgIpc) is 2.48. The van der Waals surface area contributed by atoms with Gasteiger partial charge in [0.05, 0.1) is 11.4 Å². The summed E-state index contributed by atoms with van der Waals surface area (Å²) >= 11 is 0. The Bertz CT molecular complexity index is 705. The maximum Gasteiger partial charge on any atom is 0.262 e. The van der Waals surface area contributed by atoms with E-state index in [4.69, 9.17) is 10.5 Å². The maximum atomic E-state index is 12.1. The number of aryl methyl sites for hydroxylation is 2. The Labute approximate surface area is 144 Å². The highest BCUT2D eigenvalue weighted by molar-refractivity contribution is 5.95. The molecule has 0 atom stereocenters. The molecule has 4 nitrogen and oxygen atoms in total. The van der Waals surface area contributed by atoms with Gasteiger partial charge in [0.2, 0.25) is 0 Å². The average molecular weight is 326 g/mol. The summed E-state index contributed by atoms with van der Waals surface area (Å²) in [5.41, 5.74) is 10.5. The SMILES string of the molecule is Cc1cc(C)c(NC(=O)COc2ccc(C(C)(C)C)cc2)c(N)c1. The Morgan fingerprint density at radius 2 is 1.75 bits per heavy atom. The first kappa shape index (κ1) is 17.9. The monoisotopic (exact) mass is 326 g/mol. The van der Waals surface area contributed by atoms with Gasteiger partial charge in [-0.1, -0.05) is 39.0 Å². The van der Waals surface area contributed by atoms with Crippen molar-refractivity contribution in [1.29, 1.82) is 0 Å². The summed E-state index contributed by atoms with van der Waals surface area (Å²) in [4.78, 5) is 12.1. The second-order valence-electron chi connectivity index (χ2n) is 7.16. The predicted molar refractivity (Wildman–Crippen MR) is 99.6 cm³/mol. The van der Waals surface area contributed by atoms with Crippen molar-refractivity contribution in [3.05, 3.63) is 53.1 Å². The Kier molecular flexibility index (Phi) is 5.17. The molecule has 0 saturated heterocycles. The molecule has 4 heteroatoms. The van der Waals surface area contributed by atoms with E-state index < -0.39 is 0 Å². The van der Waals surface area contributed by atoms with Crippen LogP contribution in [0.15, 0.2) is 36.4 Å². The molecule has 0 aliphatic rings. The van der Waals surface area contributed by atoms with Crippen LogP contribution in [0.25, 0.3) is 0 Å². The van der Waals surface area contributed by atoms with Gasteiger partial charge in [0.1, 0.15) is 5.75 Å². The van der Waals surface area contributed by atoms with E-state index >= 15 is 0 Å². The first-order chi connectivity index (χ1) is 11.2. The first-order valence-corrected chi connectivity index (χ1v) is 8.07. The van der Waals surface area contributed by atoms with Gasteiger partial charge in [-0.2, -0.15) is 0 Å². The van der Waals surface area contributed by atoms with Crippen molar-refractivity contribution in [2.45, 2.75) is 40.0 Å². The largest absolute Gasteiger partial charge is 0.484 e. The molecule has 0 unspecified atom stereocenters. The lowest BCUT2D eigenvalue weighted by atomic mass is 9.87. The van der Waals surface area contributed by atoms with Crippen LogP contribution in [0.1, 0.15) is 37.5 Å². The molecule has 3 N–H and O–H groups in total. The third-order valence-electron chi connectivity index (χ3n) is 3.87. The number of carbonyl (C=O) groups is 1. The van der Waals surface area contributed by atoms with Crippen molar-refractivity contribution < 1.29 is 9.53 Å². The van der Waals surface area contributed by atoms with Gasteiger partial charge >= 0.3 is 0 Å². The normalized spacial score (nSPS) is 11.2. The number of carbonyl (C=O) groups excluding carboxylic acids is 1. The van der Waals surface area contributed by atoms with Crippen molar-refractivity contribution in [3.63, 3.8) is 0 Å². The number of benzene rings is 2. The number of anilines is 2. The van der Waals surface area contributed by atoms with Crippen LogP contribution < -0.4 is 15.8 Å². The lowest BCUT2D eigenvalue weighted by Crippen LogP contribution is -2.21. The molecule has 0 aliphatic heterocycles. The van der Waals surface area contributed by atoms with E-state index in [9.17, 15) is 4.79 Å². The van der Waals surface area contributed by atoms with Gasteiger partial charge in [0, 0.05) is 0 Å². The molecule has 2 aromatic rings. The lowest BCUT2D eigenvalue weighted by molar-refractivity contribution is -0.118. The highest BCUT2D eigenvalue weighted by Crippen LogP contribution is 2.26. The van der Waals surface area contributed by atoms with Crippen LogP contribution >= 0.6 is 0 Å². The summed E-state index contributed by atoms with van der Waals surface area (Å²) in [5.74, 6) is 0.445. The summed E-state index contributed by atoms with van der Waals surface area (Å²) in [6.07, 6.45) is 0. The third-order valence-corrected chi connectivity index (χ3v) is 3.87. The molecular formula is C20H26N2O2. The molecule has 2 rings (SSSR count). The van der Waals surface area contributed by atoms with Crippen LogP contribution in [-0.2, 0) is 10.2 Å². The summed E-state index contributed by atoms with van der Waals surface area (Å²) in [5, 5.41) is 2.82. The zero-order chi connectivity index (χ0) is 17.9. The standard InChI is InChI=1S/C20H26N2O2/c1-13-10-14(2)19(17(21)11-13)22-18(23)12-24-16-8-6-15(7-9-16)20(3,4)5/h6-11H,12,21H2,1-5H3,(H,22,23). The number of amides is 1. The molecule has 0 fully saturated rings. The lowest BCUT2D eigenvalue weighted by Gasteiger charge is -2.19. The number of nitrogens with two attached hydrogens (primary N) is 1. The van der Waals surface area contributed by atoms with Gasteiger partial charge in [-0.15, -0.1) is 0 Å². The van der Waals surface area contributed by atoms with E-state index in [1.165, 1.54) is 5.56 Å². The smallest absolute Gasteiger partial charge is 0.262 e. The van der Waals surface area contributed by atoms with Gasteiger partial charge in [-0.25, -0.2) is 0 Å². The van der Waals surface area contributed by atoms with Crippen LogP contribution in [0, 0.1) is 13.8 Å². The minimum absolute atomic E-state index is 0.0539. The molecule has 0 bridgehead atoms. The molecule has 0 heterocycles. The highest BCUT2D eigenvalue weighted by Gasteiger charge is 2.13. The number of hydrogen-bond donors (Lipinski definition) is 2. The Morgan fingerprint density at radius 3 is 2.29 bits per heavy atom. The number of nitrogen functional groups attached to an aromatic ring is 1. The van der Waals surface area contributed by atoms with E-state index in [0.29, 0.717) is 17.1 Å². The fraction of sp³-hybridized carbons (Fsp3) is 0.350. The summed E-state index contributed by atoms with van der Waals surface area (Å²) in [7, 11) is 0. The minimum atomic E-state index is -0.228. The third kappa shape index (κ3) is 4.51. The summed E-state index contributed by atoms with van der Waals surface area (Å²) < 4.78 is 5.56. The zero-order valence-corrected chi connectivity index (χ0v) is 15.1. The first-order valence-electron chi connectivity index (χ1n) is 8.07. The van der Waals surface area contributed by atoms with Crippen molar-refractivity contribution in [2.24, 2.45) is 0 Å². The molecule has 24 heavy (non-hydrogen) atoms. The minimum Gasteiger partial charge on any atom is -0.484 e. The Morgan fingerprint density at radius 1 is 1.12 bits per heavy atom. The van der Waals surface area contributed by atoms with Crippen molar-refractivity contribution in [2.75, 3.05) is 17.7 Å². The van der Waals surface area contributed by atoms with Crippen molar-refractivity contribution in [3.8, 4) is 5.75 Å². The van der Waals surface area contributed by atoms with Crippen molar-refractivity contribution >= 4 is 17.3 Å². The molecule has 128 valence electrons. The molecule has 0 saturated carbocycles. The van der Waals surface area contributed by atoms with Crippen LogP contribution in [-0.4, -0.2) is 12.5 Å². The molecule has 2 aromatic carbocycles. The van der Waals surface area contributed by atoms with Gasteiger partial charge in [0.15, 0.2) is 6.61 Å². The van der Waals surface area contributed by atoms with E-state index in [-0.39, 0.29) is 17.9 Å². The fourth-order valence-electron chi connectivity index (χ4n) is 2.55. The van der Waals surface area contributed by atoms with Crippen LogP contribution in [0.2, 0.25) is 0 Å². The number of hydrogen-bond acceptors (Lipinski definition) is 3. The number of rotatable bonds is 4. The number of ether oxygens (including phenoxy) is 1. The van der Waals surface area contributed by atoms with E-state index in [2.05, 4.69) is 26.1 Å². The maximum absolute atomic E-state index is 12.1. The topological polar surface area (TPSA) is 64.3 Å². The van der Waals surface area contributed by atoms with Gasteiger partial charge < -0.3 is 15.8 Å². The Hall–Kier alpha value is -2.49. The van der Waals surface area contributed by atoms with Gasteiger partial charge in [-0.3, -0.25) is 4.79 Å². The van der Waals surface area contributed by atoms with Crippen LogP contribution in [0.4, 0.5) is 11.4 Å². The molecular weight excluding hydrogens is 300 g/mol. The zero-order valence-electron chi connectivity index (χ0n) is 15.1. The quantitative estimate of drug-likeness (QED) is 0.828. The molecule has 0 aliphatic carbocycles. The fourth-order valence-corrected chi connectivity index (χ4v) is 2.55. The van der Waals surface area contributed by atoms with Crippen molar-refractivity contribution in [1.82, 2.24) is 0 Å². The van der Waals surface area contributed by atoms with Crippen LogP contribution in [0.5, 0.6) is 5.75 Å².